The van der Waals surface area contributed by atoms with Gasteiger partial charge in [0.2, 0.25) is 5.13 Å². The van der Waals surface area contributed by atoms with Gasteiger partial charge in [-0.2, -0.15) is 5.10 Å². The first-order chi connectivity index (χ1) is 10.9. The Kier molecular flexibility index (Phi) is 3.29. The zero-order valence-corrected chi connectivity index (χ0v) is 12.5. The third kappa shape index (κ3) is 2.56. The lowest BCUT2D eigenvalue weighted by Gasteiger charge is -1.98. The number of para-hydroxylation sites is 1. The molecule has 22 heavy (non-hydrogen) atoms. The van der Waals surface area contributed by atoms with Gasteiger partial charge < -0.3 is 0 Å². The van der Waals surface area contributed by atoms with Crippen molar-refractivity contribution in [2.45, 2.75) is 0 Å². The van der Waals surface area contributed by atoms with Crippen LogP contribution in [-0.2, 0) is 0 Å². The zero-order valence-electron chi connectivity index (χ0n) is 11.7. The molecule has 0 radical (unpaired) electrons. The smallest absolute Gasteiger partial charge is 0.204 e. The molecule has 0 aliphatic heterocycles. The van der Waals surface area contributed by atoms with E-state index in [-0.39, 0.29) is 0 Å². The summed E-state index contributed by atoms with van der Waals surface area (Å²) < 4.78 is 1.16. The van der Waals surface area contributed by atoms with Gasteiger partial charge in [0, 0.05) is 0 Å². The average molecular weight is 303 g/mol. The van der Waals surface area contributed by atoms with E-state index in [4.69, 9.17) is 0 Å². The van der Waals surface area contributed by atoms with Gasteiger partial charge in [-0.15, -0.1) is 0 Å². The summed E-state index contributed by atoms with van der Waals surface area (Å²) in [4.78, 5) is 4.49. The Hall–Kier alpha value is -2.72. The Balaban J connectivity index is 1.55. The van der Waals surface area contributed by atoms with Crippen molar-refractivity contribution < 1.29 is 0 Å². The largest absolute Gasteiger partial charge is 0.253 e. The van der Waals surface area contributed by atoms with Gasteiger partial charge in [-0.1, -0.05) is 59.9 Å². The average Bonchev–Trinajstić information content (AvgIpc) is 2.97. The lowest BCUT2D eigenvalue weighted by molar-refractivity contribution is 1.31. The predicted octanol–water partition coefficient (Wildman–Crippen LogP) is 4.90. The van der Waals surface area contributed by atoms with Gasteiger partial charge in [0.15, 0.2) is 0 Å². The van der Waals surface area contributed by atoms with Gasteiger partial charge in [0.25, 0.3) is 0 Å². The molecule has 1 heterocycles. The lowest BCUT2D eigenvalue weighted by atomic mass is 10.1. The first kappa shape index (κ1) is 13.0. The minimum Gasteiger partial charge on any atom is -0.253 e. The highest BCUT2D eigenvalue weighted by Crippen LogP contribution is 2.25. The van der Waals surface area contributed by atoms with Crippen LogP contribution in [0.4, 0.5) is 5.13 Å². The molecule has 0 saturated carbocycles. The maximum atomic E-state index is 4.49. The van der Waals surface area contributed by atoms with Crippen LogP contribution in [0.3, 0.4) is 0 Å². The molecule has 4 rings (SSSR count). The van der Waals surface area contributed by atoms with E-state index in [1.165, 1.54) is 10.8 Å². The SMILES string of the molecule is C(=N/Nc1nc2ccccc2s1)/c1ccc2ccccc2c1. The molecular formula is C18H13N3S. The summed E-state index contributed by atoms with van der Waals surface area (Å²) >= 11 is 1.60. The van der Waals surface area contributed by atoms with E-state index in [0.717, 1.165) is 20.9 Å². The summed E-state index contributed by atoms with van der Waals surface area (Å²) in [6, 6.07) is 22.7. The Morgan fingerprint density at radius 3 is 2.64 bits per heavy atom. The molecule has 0 bridgehead atoms. The molecular weight excluding hydrogens is 290 g/mol. The van der Waals surface area contributed by atoms with E-state index >= 15 is 0 Å². The van der Waals surface area contributed by atoms with Crippen LogP contribution >= 0.6 is 11.3 Å². The summed E-state index contributed by atoms with van der Waals surface area (Å²) in [7, 11) is 0. The predicted molar refractivity (Wildman–Crippen MR) is 94.8 cm³/mol. The third-order valence-electron chi connectivity index (χ3n) is 3.44. The molecule has 0 atom stereocenters. The highest BCUT2D eigenvalue weighted by molar-refractivity contribution is 7.22. The summed E-state index contributed by atoms with van der Waals surface area (Å²) in [6.45, 7) is 0. The third-order valence-corrected chi connectivity index (χ3v) is 4.38. The van der Waals surface area contributed by atoms with E-state index in [2.05, 4.69) is 51.9 Å². The van der Waals surface area contributed by atoms with Gasteiger partial charge in [0.1, 0.15) is 0 Å². The fourth-order valence-electron chi connectivity index (χ4n) is 2.37. The number of anilines is 1. The van der Waals surface area contributed by atoms with Crippen molar-refractivity contribution >= 4 is 43.7 Å². The second-order valence-corrected chi connectivity index (χ2v) is 5.99. The molecule has 0 fully saturated rings. The second kappa shape index (κ2) is 5.58. The van der Waals surface area contributed by atoms with Crippen molar-refractivity contribution in [1.29, 1.82) is 0 Å². The number of hydrogen-bond donors (Lipinski definition) is 1. The number of fused-ring (bicyclic) bond motifs is 2. The summed E-state index contributed by atoms with van der Waals surface area (Å²) in [5, 5.41) is 7.54. The number of nitrogens with one attached hydrogen (secondary N) is 1. The monoisotopic (exact) mass is 303 g/mol. The van der Waals surface area contributed by atoms with Gasteiger partial charge >= 0.3 is 0 Å². The van der Waals surface area contributed by atoms with E-state index in [0.29, 0.717) is 0 Å². The molecule has 1 N–H and O–H groups in total. The quantitative estimate of drug-likeness (QED) is 0.432. The summed E-state index contributed by atoms with van der Waals surface area (Å²) in [5.41, 5.74) is 5.07. The van der Waals surface area contributed by atoms with Crippen LogP contribution < -0.4 is 5.43 Å². The van der Waals surface area contributed by atoms with Gasteiger partial charge in [-0.25, -0.2) is 4.98 Å². The van der Waals surface area contributed by atoms with Crippen molar-refractivity contribution in [3.05, 3.63) is 72.3 Å². The normalized spacial score (nSPS) is 11.5. The van der Waals surface area contributed by atoms with E-state index in [1.807, 2.05) is 36.5 Å². The number of thiazole rings is 1. The maximum absolute atomic E-state index is 4.49. The van der Waals surface area contributed by atoms with Crippen LogP contribution in [0.15, 0.2) is 71.8 Å². The van der Waals surface area contributed by atoms with Gasteiger partial charge in [0.05, 0.1) is 16.4 Å². The first-order valence-corrected chi connectivity index (χ1v) is 7.84. The topological polar surface area (TPSA) is 37.3 Å². The number of aromatic nitrogens is 1. The molecule has 0 unspecified atom stereocenters. The van der Waals surface area contributed by atoms with E-state index in [9.17, 15) is 0 Å². The van der Waals surface area contributed by atoms with Crippen molar-refractivity contribution in [3.8, 4) is 0 Å². The maximum Gasteiger partial charge on any atom is 0.204 e. The molecule has 3 aromatic carbocycles. The van der Waals surface area contributed by atoms with Crippen molar-refractivity contribution in [2.24, 2.45) is 5.10 Å². The van der Waals surface area contributed by atoms with Crippen LogP contribution in [0, 0.1) is 0 Å². The van der Waals surface area contributed by atoms with Crippen LogP contribution in [0.25, 0.3) is 21.0 Å². The first-order valence-electron chi connectivity index (χ1n) is 7.02. The highest BCUT2D eigenvalue weighted by atomic mass is 32.1. The molecule has 0 amide bonds. The standard InChI is InChI=1S/C18H13N3S/c1-2-6-15-11-13(9-10-14(15)5-1)12-19-21-18-20-16-7-3-4-8-17(16)22-18/h1-12H,(H,20,21)/b19-12-. The number of rotatable bonds is 3. The fourth-order valence-corrected chi connectivity index (χ4v) is 3.19. The highest BCUT2D eigenvalue weighted by Gasteiger charge is 2.00. The number of nitrogens with zero attached hydrogens (tertiary/aromatic N) is 2. The minimum atomic E-state index is 0.804. The summed E-state index contributed by atoms with van der Waals surface area (Å²) in [6.07, 6.45) is 1.82. The zero-order chi connectivity index (χ0) is 14.8. The molecule has 4 aromatic rings. The lowest BCUT2D eigenvalue weighted by Crippen LogP contribution is -1.89. The van der Waals surface area contributed by atoms with E-state index < -0.39 is 0 Å². The Morgan fingerprint density at radius 1 is 0.909 bits per heavy atom. The second-order valence-electron chi connectivity index (χ2n) is 4.96. The molecule has 0 aliphatic rings. The van der Waals surface area contributed by atoms with Crippen molar-refractivity contribution in [1.82, 2.24) is 4.98 Å². The molecule has 4 heteroatoms. The number of benzene rings is 3. The van der Waals surface area contributed by atoms with Crippen LogP contribution in [0.2, 0.25) is 0 Å². The Labute approximate surface area is 131 Å². The number of hydrogen-bond acceptors (Lipinski definition) is 4. The van der Waals surface area contributed by atoms with Crippen LogP contribution in [0.5, 0.6) is 0 Å². The molecule has 106 valence electrons. The molecule has 0 spiro atoms. The van der Waals surface area contributed by atoms with Crippen molar-refractivity contribution in [3.63, 3.8) is 0 Å². The molecule has 3 nitrogen and oxygen atoms in total. The van der Waals surface area contributed by atoms with Crippen LogP contribution in [0.1, 0.15) is 5.56 Å². The minimum absolute atomic E-state index is 0.804. The van der Waals surface area contributed by atoms with Crippen LogP contribution in [-0.4, -0.2) is 11.2 Å². The van der Waals surface area contributed by atoms with E-state index in [1.54, 1.807) is 11.3 Å². The Bertz CT molecular complexity index is 939. The molecule has 1 aromatic heterocycles. The number of hydrazone groups is 1. The molecule has 0 saturated heterocycles. The molecule has 0 aliphatic carbocycles. The van der Waals surface area contributed by atoms with Gasteiger partial charge in [-0.05, 0) is 34.5 Å². The fraction of sp³-hybridized carbons (Fsp3) is 0. The van der Waals surface area contributed by atoms with Gasteiger partial charge in [-0.3, -0.25) is 5.43 Å². The van der Waals surface area contributed by atoms with Crippen molar-refractivity contribution in [2.75, 3.05) is 5.43 Å². The Morgan fingerprint density at radius 2 is 1.73 bits per heavy atom. The summed E-state index contributed by atoms with van der Waals surface area (Å²) in [5.74, 6) is 0.